The molecule has 0 atom stereocenters. The quantitative estimate of drug-likeness (QED) is 0.251. The maximum absolute atomic E-state index is 2.37. The zero-order chi connectivity index (χ0) is 21.7. The summed E-state index contributed by atoms with van der Waals surface area (Å²) in [4.78, 5) is 0. The minimum Gasteiger partial charge on any atom is -0.0616 e. The van der Waals surface area contributed by atoms with Crippen LogP contribution in [0.2, 0.25) is 0 Å². The molecule has 32 heavy (non-hydrogen) atoms. The molecule has 0 N–H and O–H groups in total. The lowest BCUT2D eigenvalue weighted by molar-refractivity contribution is 1.47. The lowest BCUT2D eigenvalue weighted by Crippen LogP contribution is -1.87. The summed E-state index contributed by atoms with van der Waals surface area (Å²) in [7, 11) is 0. The van der Waals surface area contributed by atoms with Crippen LogP contribution in [-0.4, -0.2) is 0 Å². The molecule has 0 nitrogen and oxygen atoms in total. The van der Waals surface area contributed by atoms with E-state index in [1.807, 2.05) is 0 Å². The first-order chi connectivity index (χ1) is 15.7. The van der Waals surface area contributed by atoms with Crippen LogP contribution in [0, 0.1) is 13.8 Å². The molecule has 0 spiro atoms. The zero-order valence-electron chi connectivity index (χ0n) is 18.4. The molecule has 0 fully saturated rings. The van der Waals surface area contributed by atoms with Gasteiger partial charge >= 0.3 is 0 Å². The Morgan fingerprint density at radius 2 is 0.719 bits per heavy atom. The first-order valence-electron chi connectivity index (χ1n) is 11.2. The molecule has 0 bridgehead atoms. The van der Waals surface area contributed by atoms with Crippen molar-refractivity contribution in [1.29, 1.82) is 0 Å². The molecule has 0 heteroatoms. The molecule has 0 aliphatic rings. The average molecular weight is 409 g/mol. The van der Waals surface area contributed by atoms with Crippen LogP contribution in [0.4, 0.5) is 0 Å². The van der Waals surface area contributed by atoms with Gasteiger partial charge in [-0.2, -0.15) is 0 Å². The SMILES string of the molecule is Cc1cccc(-c2ccc3c(c2)c2ccccc2c2ccc(-c4cccc(C)c4)cc23)c1. The maximum Gasteiger partial charge on any atom is -0.00928 e. The average Bonchev–Trinajstić information content (AvgIpc) is 2.83. The smallest absolute Gasteiger partial charge is 0.00928 e. The van der Waals surface area contributed by atoms with E-state index in [1.54, 1.807) is 0 Å². The molecule has 0 aliphatic carbocycles. The largest absolute Gasteiger partial charge is 0.0616 e. The van der Waals surface area contributed by atoms with Gasteiger partial charge in [0.25, 0.3) is 0 Å². The molecule has 0 aromatic heterocycles. The Kier molecular flexibility index (Phi) is 4.33. The van der Waals surface area contributed by atoms with Gasteiger partial charge in [-0.1, -0.05) is 108 Å². The van der Waals surface area contributed by atoms with E-state index in [4.69, 9.17) is 0 Å². The number of aryl methyl sites for hydroxylation is 2. The van der Waals surface area contributed by atoms with E-state index >= 15 is 0 Å². The highest BCUT2D eigenvalue weighted by molar-refractivity contribution is 6.26. The molecule has 0 amide bonds. The van der Waals surface area contributed by atoms with Crippen LogP contribution in [0.25, 0.3) is 54.6 Å². The number of hydrogen-bond acceptors (Lipinski definition) is 0. The number of rotatable bonds is 2. The van der Waals surface area contributed by atoms with E-state index in [0.29, 0.717) is 0 Å². The molecule has 0 radical (unpaired) electrons. The summed E-state index contributed by atoms with van der Waals surface area (Å²) in [5.41, 5.74) is 7.64. The lowest BCUT2D eigenvalue weighted by atomic mass is 9.90. The Morgan fingerprint density at radius 3 is 1.22 bits per heavy atom. The Bertz CT molecular complexity index is 1550. The van der Waals surface area contributed by atoms with Gasteiger partial charge in [-0.25, -0.2) is 0 Å². The topological polar surface area (TPSA) is 0 Å². The van der Waals surface area contributed by atoms with Crippen molar-refractivity contribution in [3.63, 3.8) is 0 Å². The third-order valence-electron chi connectivity index (χ3n) is 6.54. The van der Waals surface area contributed by atoms with Crippen LogP contribution in [-0.2, 0) is 0 Å². The molecule has 6 rings (SSSR count). The molecule has 0 aliphatic heterocycles. The summed E-state index contributed by atoms with van der Waals surface area (Å²) in [5, 5.41) is 7.87. The van der Waals surface area contributed by atoms with E-state index in [1.165, 1.54) is 65.7 Å². The molecular formula is C32H24. The number of benzene rings is 6. The Morgan fingerprint density at radius 1 is 0.312 bits per heavy atom. The van der Waals surface area contributed by atoms with Crippen molar-refractivity contribution in [1.82, 2.24) is 0 Å². The van der Waals surface area contributed by atoms with Crippen LogP contribution in [0.5, 0.6) is 0 Å². The maximum atomic E-state index is 2.37. The van der Waals surface area contributed by atoms with Gasteiger partial charge < -0.3 is 0 Å². The summed E-state index contributed by atoms with van der Waals surface area (Å²) >= 11 is 0. The van der Waals surface area contributed by atoms with E-state index < -0.39 is 0 Å². The summed E-state index contributed by atoms with van der Waals surface area (Å²) in [5.74, 6) is 0. The Balaban J connectivity index is 1.68. The molecular weight excluding hydrogens is 384 g/mol. The highest BCUT2D eigenvalue weighted by atomic mass is 14.1. The van der Waals surface area contributed by atoms with Gasteiger partial charge in [0.15, 0.2) is 0 Å². The summed E-state index contributed by atoms with van der Waals surface area (Å²) in [6.45, 7) is 4.31. The van der Waals surface area contributed by atoms with Crippen LogP contribution >= 0.6 is 0 Å². The normalized spacial score (nSPS) is 11.4. The summed E-state index contributed by atoms with van der Waals surface area (Å²) in [6, 6.07) is 40.2. The standard InChI is InChI=1S/C32H24/c1-21-7-5-9-23(17-21)25-13-15-29-27-11-3-4-12-28(27)31-19-26(14-16-30(31)32(29)20-25)24-10-6-8-22(2)18-24/h3-20H,1-2H3. The van der Waals surface area contributed by atoms with Crippen molar-refractivity contribution in [3.8, 4) is 22.3 Å². The first-order valence-corrected chi connectivity index (χ1v) is 11.2. The van der Waals surface area contributed by atoms with Crippen molar-refractivity contribution >= 4 is 32.3 Å². The van der Waals surface area contributed by atoms with Crippen LogP contribution in [0.1, 0.15) is 11.1 Å². The van der Waals surface area contributed by atoms with Gasteiger partial charge in [-0.05, 0) is 80.6 Å². The van der Waals surface area contributed by atoms with E-state index in [9.17, 15) is 0 Å². The summed E-state index contributed by atoms with van der Waals surface area (Å²) < 4.78 is 0. The van der Waals surface area contributed by atoms with Crippen molar-refractivity contribution in [2.45, 2.75) is 13.8 Å². The Hall–Kier alpha value is -3.90. The molecule has 6 aromatic rings. The fourth-order valence-electron chi connectivity index (χ4n) is 4.97. The highest BCUT2D eigenvalue weighted by Crippen LogP contribution is 2.38. The molecule has 0 unspecified atom stereocenters. The third-order valence-corrected chi connectivity index (χ3v) is 6.54. The van der Waals surface area contributed by atoms with Gasteiger partial charge in [0.2, 0.25) is 0 Å². The van der Waals surface area contributed by atoms with Crippen molar-refractivity contribution < 1.29 is 0 Å². The minimum atomic E-state index is 1.26. The summed E-state index contributed by atoms with van der Waals surface area (Å²) in [6.07, 6.45) is 0. The van der Waals surface area contributed by atoms with E-state index in [0.717, 1.165) is 0 Å². The van der Waals surface area contributed by atoms with Crippen molar-refractivity contribution in [2.75, 3.05) is 0 Å². The second kappa shape index (κ2) is 7.35. The third kappa shape index (κ3) is 3.08. The van der Waals surface area contributed by atoms with Gasteiger partial charge in [0, 0.05) is 0 Å². The minimum absolute atomic E-state index is 1.26. The van der Waals surface area contributed by atoms with Gasteiger partial charge in [-0.3, -0.25) is 0 Å². The molecule has 152 valence electrons. The zero-order valence-corrected chi connectivity index (χ0v) is 18.4. The predicted molar refractivity (Wildman–Crippen MR) is 139 cm³/mol. The van der Waals surface area contributed by atoms with E-state index in [-0.39, 0.29) is 0 Å². The fourth-order valence-corrected chi connectivity index (χ4v) is 4.97. The molecule has 0 saturated carbocycles. The van der Waals surface area contributed by atoms with Crippen LogP contribution < -0.4 is 0 Å². The molecule has 0 heterocycles. The second-order valence-corrected chi connectivity index (χ2v) is 8.81. The number of fused-ring (bicyclic) bond motifs is 6. The number of hydrogen-bond donors (Lipinski definition) is 0. The van der Waals surface area contributed by atoms with Crippen molar-refractivity contribution in [3.05, 3.63) is 120 Å². The van der Waals surface area contributed by atoms with Gasteiger partial charge in [-0.15, -0.1) is 0 Å². The van der Waals surface area contributed by atoms with Gasteiger partial charge in [0.05, 0.1) is 0 Å². The van der Waals surface area contributed by atoms with Crippen LogP contribution in [0.15, 0.2) is 109 Å². The highest BCUT2D eigenvalue weighted by Gasteiger charge is 2.11. The second-order valence-electron chi connectivity index (χ2n) is 8.81. The van der Waals surface area contributed by atoms with Gasteiger partial charge in [0.1, 0.15) is 0 Å². The van der Waals surface area contributed by atoms with E-state index in [2.05, 4.69) is 123 Å². The molecule has 0 saturated heterocycles. The van der Waals surface area contributed by atoms with Crippen molar-refractivity contribution in [2.24, 2.45) is 0 Å². The molecule has 6 aromatic carbocycles. The monoisotopic (exact) mass is 408 g/mol. The fraction of sp³-hybridized carbons (Fsp3) is 0.0625. The predicted octanol–water partition coefficient (Wildman–Crippen LogP) is 9.10. The first kappa shape index (κ1) is 18.8. The van der Waals surface area contributed by atoms with Crippen LogP contribution in [0.3, 0.4) is 0 Å². The Labute approximate surface area is 188 Å². The lowest BCUT2D eigenvalue weighted by Gasteiger charge is -2.14.